The SMILES string of the molecule is O=C(O)C1CCC(C(=O)c2ccc(Cl)cc2)C1. The summed E-state index contributed by atoms with van der Waals surface area (Å²) >= 11 is 5.75. The van der Waals surface area contributed by atoms with Gasteiger partial charge in [0.1, 0.15) is 0 Å². The van der Waals surface area contributed by atoms with Gasteiger partial charge in [-0.25, -0.2) is 0 Å². The van der Waals surface area contributed by atoms with Gasteiger partial charge in [-0.15, -0.1) is 0 Å². The van der Waals surface area contributed by atoms with E-state index in [2.05, 4.69) is 0 Å². The number of carboxylic acid groups (broad SMARTS) is 1. The maximum absolute atomic E-state index is 12.1. The van der Waals surface area contributed by atoms with Gasteiger partial charge in [-0.05, 0) is 43.5 Å². The van der Waals surface area contributed by atoms with E-state index in [1.54, 1.807) is 24.3 Å². The molecule has 1 aromatic carbocycles. The van der Waals surface area contributed by atoms with Gasteiger partial charge in [0.15, 0.2) is 5.78 Å². The lowest BCUT2D eigenvalue weighted by atomic mass is 9.95. The molecule has 2 rings (SSSR count). The fraction of sp³-hybridized carbons (Fsp3) is 0.385. The van der Waals surface area contributed by atoms with Gasteiger partial charge >= 0.3 is 5.97 Å². The minimum atomic E-state index is -0.795. The summed E-state index contributed by atoms with van der Waals surface area (Å²) in [6, 6.07) is 6.74. The Labute approximate surface area is 104 Å². The van der Waals surface area contributed by atoms with Gasteiger partial charge in [-0.1, -0.05) is 11.6 Å². The second-order valence-corrected chi connectivity index (χ2v) is 4.85. The van der Waals surface area contributed by atoms with Crippen LogP contribution >= 0.6 is 11.6 Å². The van der Waals surface area contributed by atoms with Crippen molar-refractivity contribution in [3.05, 3.63) is 34.9 Å². The van der Waals surface area contributed by atoms with Crippen molar-refractivity contribution in [1.29, 1.82) is 0 Å². The molecule has 1 aliphatic carbocycles. The molecule has 17 heavy (non-hydrogen) atoms. The molecule has 4 heteroatoms. The molecule has 0 radical (unpaired) electrons. The Morgan fingerprint density at radius 1 is 1.12 bits per heavy atom. The van der Waals surface area contributed by atoms with E-state index < -0.39 is 5.97 Å². The molecule has 0 spiro atoms. The van der Waals surface area contributed by atoms with E-state index in [-0.39, 0.29) is 17.6 Å². The Kier molecular flexibility index (Phi) is 3.48. The molecule has 0 heterocycles. The van der Waals surface area contributed by atoms with E-state index in [1.807, 2.05) is 0 Å². The molecule has 1 fully saturated rings. The van der Waals surface area contributed by atoms with E-state index >= 15 is 0 Å². The van der Waals surface area contributed by atoms with Crippen molar-refractivity contribution in [3.8, 4) is 0 Å². The number of benzene rings is 1. The second kappa shape index (κ2) is 4.88. The van der Waals surface area contributed by atoms with Crippen LogP contribution in [0.5, 0.6) is 0 Å². The van der Waals surface area contributed by atoms with Gasteiger partial charge in [0, 0.05) is 16.5 Å². The normalized spacial score (nSPS) is 23.6. The monoisotopic (exact) mass is 252 g/mol. The van der Waals surface area contributed by atoms with Crippen LogP contribution in [0.1, 0.15) is 29.6 Å². The van der Waals surface area contributed by atoms with Crippen LogP contribution in [0.15, 0.2) is 24.3 Å². The number of Topliss-reactive ketones (excluding diaryl/α,β-unsaturated/α-hetero) is 1. The van der Waals surface area contributed by atoms with Crippen molar-refractivity contribution < 1.29 is 14.7 Å². The van der Waals surface area contributed by atoms with Gasteiger partial charge in [-0.3, -0.25) is 9.59 Å². The summed E-state index contributed by atoms with van der Waals surface area (Å²) in [4.78, 5) is 22.9. The maximum Gasteiger partial charge on any atom is 0.306 e. The average Bonchev–Trinajstić information content (AvgIpc) is 2.78. The Morgan fingerprint density at radius 2 is 1.71 bits per heavy atom. The number of rotatable bonds is 3. The van der Waals surface area contributed by atoms with Gasteiger partial charge in [-0.2, -0.15) is 0 Å². The van der Waals surface area contributed by atoms with Crippen LogP contribution in [-0.2, 0) is 4.79 Å². The van der Waals surface area contributed by atoms with Crippen molar-refractivity contribution in [2.45, 2.75) is 19.3 Å². The Balaban J connectivity index is 2.07. The number of carboxylic acids is 1. The van der Waals surface area contributed by atoms with Gasteiger partial charge in [0.25, 0.3) is 0 Å². The molecule has 1 saturated carbocycles. The predicted molar refractivity (Wildman–Crippen MR) is 64.2 cm³/mol. The van der Waals surface area contributed by atoms with Crippen molar-refractivity contribution >= 4 is 23.4 Å². The lowest BCUT2D eigenvalue weighted by Crippen LogP contribution is -2.14. The molecule has 3 nitrogen and oxygen atoms in total. The second-order valence-electron chi connectivity index (χ2n) is 4.42. The first-order chi connectivity index (χ1) is 8.08. The molecule has 2 unspecified atom stereocenters. The molecule has 1 aliphatic rings. The molecule has 2 atom stereocenters. The van der Waals surface area contributed by atoms with Crippen LogP contribution in [0, 0.1) is 11.8 Å². The first-order valence-electron chi connectivity index (χ1n) is 5.60. The molecular formula is C13H13ClO3. The van der Waals surface area contributed by atoms with Gasteiger partial charge < -0.3 is 5.11 Å². The van der Waals surface area contributed by atoms with E-state index in [0.29, 0.717) is 29.8 Å². The molecule has 0 aliphatic heterocycles. The zero-order valence-corrected chi connectivity index (χ0v) is 9.98. The fourth-order valence-electron chi connectivity index (χ4n) is 2.29. The quantitative estimate of drug-likeness (QED) is 0.842. The third kappa shape index (κ3) is 2.67. The van der Waals surface area contributed by atoms with Crippen LogP contribution < -0.4 is 0 Å². The van der Waals surface area contributed by atoms with Crippen molar-refractivity contribution in [2.75, 3.05) is 0 Å². The third-order valence-corrected chi connectivity index (χ3v) is 3.53. The smallest absolute Gasteiger partial charge is 0.306 e. The zero-order valence-electron chi connectivity index (χ0n) is 9.23. The highest BCUT2D eigenvalue weighted by molar-refractivity contribution is 6.30. The highest BCUT2D eigenvalue weighted by atomic mass is 35.5. The minimum absolute atomic E-state index is 0.0328. The molecule has 0 amide bonds. The van der Waals surface area contributed by atoms with Crippen molar-refractivity contribution in [1.82, 2.24) is 0 Å². The first kappa shape index (κ1) is 12.1. The number of halogens is 1. The minimum Gasteiger partial charge on any atom is -0.481 e. The summed E-state index contributed by atoms with van der Waals surface area (Å²) in [5, 5.41) is 9.48. The van der Waals surface area contributed by atoms with Crippen LogP contribution in [0.4, 0.5) is 0 Å². The summed E-state index contributed by atoms with van der Waals surface area (Å²) in [5.41, 5.74) is 0.616. The Hall–Kier alpha value is -1.35. The molecule has 90 valence electrons. The summed E-state index contributed by atoms with van der Waals surface area (Å²) in [5.74, 6) is -1.28. The number of carbonyl (C=O) groups is 2. The van der Waals surface area contributed by atoms with E-state index in [1.165, 1.54) is 0 Å². The number of aliphatic carboxylic acids is 1. The summed E-state index contributed by atoms with van der Waals surface area (Å²) in [6.07, 6.45) is 1.72. The summed E-state index contributed by atoms with van der Waals surface area (Å²) in [6.45, 7) is 0. The van der Waals surface area contributed by atoms with Gasteiger partial charge in [0.2, 0.25) is 0 Å². The highest BCUT2D eigenvalue weighted by Gasteiger charge is 2.33. The number of ketones is 1. The lowest BCUT2D eigenvalue weighted by molar-refractivity contribution is -0.141. The highest BCUT2D eigenvalue weighted by Crippen LogP contribution is 2.33. The molecule has 1 N–H and O–H groups in total. The molecule has 0 aromatic heterocycles. The number of carbonyl (C=O) groups excluding carboxylic acids is 1. The zero-order chi connectivity index (χ0) is 12.4. The molecule has 1 aromatic rings. The van der Waals surface area contributed by atoms with Gasteiger partial charge in [0.05, 0.1) is 5.92 Å². The molecule has 0 bridgehead atoms. The molecule has 0 saturated heterocycles. The Bertz CT molecular complexity index is 438. The summed E-state index contributed by atoms with van der Waals surface area (Å²) in [7, 11) is 0. The standard InChI is InChI=1S/C13H13ClO3/c14-11-5-3-8(4-6-11)12(15)9-1-2-10(7-9)13(16)17/h3-6,9-10H,1-2,7H2,(H,16,17). The van der Waals surface area contributed by atoms with E-state index in [9.17, 15) is 9.59 Å². The van der Waals surface area contributed by atoms with Crippen LogP contribution in [-0.4, -0.2) is 16.9 Å². The number of hydrogen-bond donors (Lipinski definition) is 1. The third-order valence-electron chi connectivity index (χ3n) is 3.28. The first-order valence-corrected chi connectivity index (χ1v) is 5.98. The van der Waals surface area contributed by atoms with E-state index in [4.69, 9.17) is 16.7 Å². The summed E-state index contributed by atoms with van der Waals surface area (Å²) < 4.78 is 0. The Morgan fingerprint density at radius 3 is 2.24 bits per heavy atom. The fourth-order valence-corrected chi connectivity index (χ4v) is 2.42. The largest absolute Gasteiger partial charge is 0.481 e. The van der Waals surface area contributed by atoms with Crippen LogP contribution in [0.3, 0.4) is 0 Å². The molecular weight excluding hydrogens is 240 g/mol. The topological polar surface area (TPSA) is 54.4 Å². The average molecular weight is 253 g/mol. The van der Waals surface area contributed by atoms with E-state index in [0.717, 1.165) is 0 Å². The van der Waals surface area contributed by atoms with Crippen molar-refractivity contribution in [2.24, 2.45) is 11.8 Å². The predicted octanol–water partition coefficient (Wildman–Crippen LogP) is 3.02. The maximum atomic E-state index is 12.1. The van der Waals surface area contributed by atoms with Crippen molar-refractivity contribution in [3.63, 3.8) is 0 Å². The number of hydrogen-bond acceptors (Lipinski definition) is 2. The van der Waals surface area contributed by atoms with Crippen LogP contribution in [0.2, 0.25) is 5.02 Å². The lowest BCUT2D eigenvalue weighted by Gasteiger charge is -2.08. The van der Waals surface area contributed by atoms with Crippen LogP contribution in [0.25, 0.3) is 0 Å².